The summed E-state index contributed by atoms with van der Waals surface area (Å²) in [5.74, 6) is -6.15. The number of fused-ring (bicyclic) bond motifs is 18. The number of carbonyl (C=O) groups is 6. The fourth-order valence-corrected chi connectivity index (χ4v) is 6.51. The Hall–Kier alpha value is -6.82. The van der Waals surface area contributed by atoms with E-state index >= 15 is 0 Å². The molecular formula is C43H40F3N5O7. The molecule has 15 heteroatoms. The lowest BCUT2D eigenvalue weighted by Crippen LogP contribution is -2.57. The lowest BCUT2D eigenvalue weighted by atomic mass is 9.90. The normalized spacial score (nSPS) is 20.1. The van der Waals surface area contributed by atoms with Crippen LogP contribution in [0.25, 0.3) is 0 Å². The first-order valence-electron chi connectivity index (χ1n) is 18.4. The maximum absolute atomic E-state index is 14.3. The van der Waals surface area contributed by atoms with E-state index in [9.17, 15) is 52.3 Å². The van der Waals surface area contributed by atoms with Crippen molar-refractivity contribution in [3.63, 3.8) is 0 Å². The number of nitrogens with zero attached hydrogens (tertiary/aromatic N) is 1. The van der Waals surface area contributed by atoms with Gasteiger partial charge in [0.15, 0.2) is 5.78 Å². The van der Waals surface area contributed by atoms with Gasteiger partial charge in [0.05, 0.1) is 29.2 Å². The van der Waals surface area contributed by atoms with Gasteiger partial charge in [0.2, 0.25) is 23.6 Å². The summed E-state index contributed by atoms with van der Waals surface area (Å²) in [4.78, 5) is 80.9. The van der Waals surface area contributed by atoms with E-state index in [4.69, 9.17) is 0 Å². The van der Waals surface area contributed by atoms with Crippen LogP contribution < -0.4 is 21.3 Å². The fraction of sp³-hybridized carbons (Fsp3) is 0.279. The number of alkyl halides is 3. The van der Waals surface area contributed by atoms with Crippen LogP contribution in [0.2, 0.25) is 0 Å². The van der Waals surface area contributed by atoms with Crippen molar-refractivity contribution in [2.75, 3.05) is 5.32 Å². The van der Waals surface area contributed by atoms with Gasteiger partial charge in [-0.3, -0.25) is 28.8 Å². The maximum Gasteiger partial charge on any atom is 0.416 e. The summed E-state index contributed by atoms with van der Waals surface area (Å²) in [5.41, 5.74) is 1.40. The van der Waals surface area contributed by atoms with Crippen molar-refractivity contribution in [1.29, 1.82) is 5.26 Å². The molecule has 58 heavy (non-hydrogen) atoms. The van der Waals surface area contributed by atoms with Crippen LogP contribution in [0.5, 0.6) is 0 Å². The Balaban J connectivity index is 1.54. The Kier molecular flexibility index (Phi) is 14.1. The van der Waals surface area contributed by atoms with E-state index in [0.29, 0.717) is 22.4 Å². The first-order valence-corrected chi connectivity index (χ1v) is 18.4. The van der Waals surface area contributed by atoms with E-state index in [1.165, 1.54) is 6.07 Å². The fourth-order valence-electron chi connectivity index (χ4n) is 6.51. The van der Waals surface area contributed by atoms with Crippen LogP contribution in [0.15, 0.2) is 103 Å². The molecule has 6 rings (SSSR count). The predicted molar refractivity (Wildman–Crippen MR) is 205 cm³/mol. The molecule has 0 unspecified atom stereocenters. The molecule has 2 bridgehead atoms. The molecule has 0 spiro atoms. The van der Waals surface area contributed by atoms with Crippen molar-refractivity contribution in [1.82, 2.24) is 16.0 Å². The Labute approximate surface area is 331 Å². The summed E-state index contributed by atoms with van der Waals surface area (Å²) in [6.45, 7) is 0. The number of carboxylic acid groups (broad SMARTS) is 1. The van der Waals surface area contributed by atoms with E-state index in [2.05, 4.69) is 21.3 Å². The molecule has 5 N–H and O–H groups in total. The minimum Gasteiger partial charge on any atom is -0.481 e. The first kappa shape index (κ1) is 42.3. The molecule has 2 aliphatic heterocycles. The molecule has 2 aliphatic rings. The molecule has 0 saturated heterocycles. The number of Topliss-reactive ketones (excluding diaryl/α,β-unsaturated/α-hetero) is 1. The Morgan fingerprint density at radius 1 is 0.672 bits per heavy atom. The number of amides is 4. The molecule has 0 aromatic heterocycles. The Morgan fingerprint density at radius 3 is 1.88 bits per heavy atom. The highest BCUT2D eigenvalue weighted by Crippen LogP contribution is 2.29. The van der Waals surface area contributed by atoms with Gasteiger partial charge in [-0.25, -0.2) is 0 Å². The van der Waals surface area contributed by atoms with Crippen molar-refractivity contribution in [3.05, 3.63) is 137 Å². The molecule has 2 heterocycles. The molecule has 4 atom stereocenters. The molecule has 0 saturated carbocycles. The number of anilines is 1. The smallest absolute Gasteiger partial charge is 0.416 e. The quantitative estimate of drug-likeness (QED) is 0.166. The number of ketones is 1. The molecule has 12 nitrogen and oxygen atoms in total. The minimum absolute atomic E-state index is 0.0588. The van der Waals surface area contributed by atoms with Gasteiger partial charge in [0.25, 0.3) is 0 Å². The Morgan fingerprint density at radius 2 is 1.24 bits per heavy atom. The second kappa shape index (κ2) is 19.4. The third kappa shape index (κ3) is 12.1. The van der Waals surface area contributed by atoms with E-state index in [-0.39, 0.29) is 49.7 Å². The minimum atomic E-state index is -4.64. The zero-order chi connectivity index (χ0) is 41.8. The summed E-state index contributed by atoms with van der Waals surface area (Å²) in [6, 6.07) is 23.0. The molecule has 300 valence electrons. The average molecular weight is 796 g/mol. The number of nitriles is 1. The van der Waals surface area contributed by atoms with E-state index in [0.717, 1.165) is 24.3 Å². The molecule has 0 radical (unpaired) electrons. The van der Waals surface area contributed by atoms with Gasteiger partial charge >= 0.3 is 12.1 Å². The zero-order valence-corrected chi connectivity index (χ0v) is 31.1. The van der Waals surface area contributed by atoms with Gasteiger partial charge in [0, 0.05) is 37.8 Å². The molecular weight excluding hydrogens is 755 g/mol. The van der Waals surface area contributed by atoms with Crippen LogP contribution in [0.4, 0.5) is 18.9 Å². The number of carbonyl (C=O) groups excluding carboxylic acids is 5. The number of hydrogen-bond acceptors (Lipinski definition) is 7. The number of rotatable bonds is 7. The molecule has 4 amide bonds. The van der Waals surface area contributed by atoms with Crippen molar-refractivity contribution >= 4 is 41.1 Å². The van der Waals surface area contributed by atoms with Crippen molar-refractivity contribution in [2.24, 2.45) is 5.92 Å². The molecule has 4 aromatic carbocycles. The van der Waals surface area contributed by atoms with Gasteiger partial charge in [-0.2, -0.15) is 18.4 Å². The number of aliphatic carboxylic acids is 1. The third-order valence-corrected chi connectivity index (χ3v) is 9.65. The lowest BCUT2D eigenvalue weighted by Gasteiger charge is -2.26. The number of hydrogen-bond donors (Lipinski definition) is 5. The third-order valence-electron chi connectivity index (χ3n) is 9.65. The van der Waals surface area contributed by atoms with Gasteiger partial charge in [-0.05, 0) is 65.4 Å². The van der Waals surface area contributed by atoms with E-state index < -0.39 is 77.6 Å². The second-order valence-electron chi connectivity index (χ2n) is 14.0. The van der Waals surface area contributed by atoms with Gasteiger partial charge < -0.3 is 26.4 Å². The summed E-state index contributed by atoms with van der Waals surface area (Å²) < 4.78 is 40.2. The van der Waals surface area contributed by atoms with Crippen molar-refractivity contribution < 1.29 is 47.0 Å². The highest BCUT2D eigenvalue weighted by atomic mass is 19.4. The van der Waals surface area contributed by atoms with E-state index in [1.807, 2.05) is 6.07 Å². The highest BCUT2D eigenvalue weighted by Gasteiger charge is 2.34. The van der Waals surface area contributed by atoms with Crippen molar-refractivity contribution in [2.45, 2.75) is 69.2 Å². The summed E-state index contributed by atoms with van der Waals surface area (Å²) in [6.07, 6.45) is -6.48. The molecule has 0 aliphatic carbocycles. The maximum atomic E-state index is 14.3. The van der Waals surface area contributed by atoms with E-state index in [1.54, 1.807) is 72.8 Å². The van der Waals surface area contributed by atoms with Gasteiger partial charge in [-0.15, -0.1) is 0 Å². The van der Waals surface area contributed by atoms with Crippen LogP contribution in [0, 0.1) is 17.2 Å². The number of nitrogens with one attached hydrogen (secondary N) is 4. The number of halogens is 3. The predicted octanol–water partition coefficient (Wildman–Crippen LogP) is 4.69. The summed E-state index contributed by atoms with van der Waals surface area (Å²) in [5, 5.41) is 30.4. The number of benzene rings is 4. The summed E-state index contributed by atoms with van der Waals surface area (Å²) >= 11 is 0. The lowest BCUT2D eigenvalue weighted by molar-refractivity contribution is -0.144. The van der Waals surface area contributed by atoms with Gasteiger partial charge in [0.1, 0.15) is 12.1 Å². The highest BCUT2D eigenvalue weighted by molar-refractivity contribution is 5.97. The SMILES string of the molecule is N#Cc1ccccc1C[C@H]1NC(=O)CCC(=O)Nc2ccc(cc2)C[C@@H](C(=O)O)CC(=O)[C@@H](Cc2ccccc2)NC(=O)[C@H](Cc2ccc(C(F)(F)F)cc2)NC1=O. The van der Waals surface area contributed by atoms with Gasteiger partial charge in [-0.1, -0.05) is 72.8 Å². The standard InChI is InChI=1S/C43H40F3N5O7/c44-43(45,46)32-14-10-28(11-15-32)22-35-40(55)50-34(21-26-6-2-1-3-7-26)37(52)24-31(42(57)58)20-27-12-16-33(17-13-27)48-38(53)18-19-39(54)49-36(41(56)51-35)23-29-8-4-5-9-30(29)25-47/h1-17,31,34-36H,18-24H2,(H,48,53)(H,49,54)(H,50,55)(H,51,56)(H,57,58)/t31-,34-,35+,36-/m1/s1. The summed E-state index contributed by atoms with van der Waals surface area (Å²) in [7, 11) is 0. The Bertz CT molecular complexity index is 2170. The zero-order valence-electron chi connectivity index (χ0n) is 31.1. The molecule has 0 fully saturated rings. The topological polar surface area (TPSA) is 195 Å². The first-order chi connectivity index (χ1) is 27.7. The van der Waals surface area contributed by atoms with Crippen LogP contribution in [0.1, 0.15) is 52.6 Å². The average Bonchev–Trinajstić information content (AvgIpc) is 3.19. The van der Waals surface area contributed by atoms with Crippen LogP contribution in [-0.4, -0.2) is 58.6 Å². The second-order valence-corrected chi connectivity index (χ2v) is 14.0. The largest absolute Gasteiger partial charge is 0.481 e. The van der Waals surface area contributed by atoms with Crippen molar-refractivity contribution in [3.8, 4) is 6.07 Å². The molecule has 4 aromatic rings. The monoisotopic (exact) mass is 795 g/mol. The van der Waals surface area contributed by atoms with Crippen LogP contribution >= 0.6 is 0 Å². The number of carboxylic acids is 1. The van der Waals surface area contributed by atoms with Crippen LogP contribution in [-0.2, 0) is 60.6 Å². The van der Waals surface area contributed by atoms with Crippen LogP contribution in [0.3, 0.4) is 0 Å².